The molecule has 0 radical (unpaired) electrons. The second-order valence-corrected chi connectivity index (χ2v) is 9.20. The molecule has 1 saturated heterocycles. The van der Waals surface area contributed by atoms with Crippen molar-refractivity contribution in [2.45, 2.75) is 44.6 Å². The van der Waals surface area contributed by atoms with Crippen molar-refractivity contribution in [1.29, 1.82) is 0 Å². The van der Waals surface area contributed by atoms with Gasteiger partial charge in [0, 0.05) is 24.6 Å². The van der Waals surface area contributed by atoms with Crippen molar-refractivity contribution in [2.75, 3.05) is 11.9 Å². The molecule has 7 heteroatoms. The minimum absolute atomic E-state index is 0.0117. The average molecular weight is 406 g/mol. The van der Waals surface area contributed by atoms with E-state index < -0.39 is 23.0 Å². The third-order valence-corrected chi connectivity index (χ3v) is 6.00. The topological polar surface area (TPSA) is 54.0 Å². The van der Waals surface area contributed by atoms with Gasteiger partial charge < -0.3 is 10.6 Å². The Labute approximate surface area is 167 Å². The van der Waals surface area contributed by atoms with Crippen LogP contribution in [0.5, 0.6) is 0 Å². The van der Waals surface area contributed by atoms with Crippen LogP contribution in [0.1, 0.15) is 44.4 Å². The van der Waals surface area contributed by atoms with Crippen LogP contribution in [0.25, 0.3) is 0 Å². The number of nitrogens with one attached hydrogen (secondary N) is 2. The highest BCUT2D eigenvalue weighted by atomic mass is 35.5. The van der Waals surface area contributed by atoms with Crippen molar-refractivity contribution in [3.8, 4) is 0 Å². The van der Waals surface area contributed by atoms with E-state index in [1.165, 1.54) is 12.1 Å². The van der Waals surface area contributed by atoms with Crippen molar-refractivity contribution < 1.29 is 13.6 Å². The van der Waals surface area contributed by atoms with Gasteiger partial charge >= 0.3 is 0 Å². The number of hydrogen-bond donors (Lipinski definition) is 2. The number of fused-ring (bicyclic) bond motifs is 2. The molecule has 3 atom stereocenters. The predicted octanol–water partition coefficient (Wildman–Crippen LogP) is 4.39. The molecule has 3 heterocycles. The van der Waals surface area contributed by atoms with E-state index in [0.717, 1.165) is 6.20 Å². The molecular formula is C21H22ClF2N3O. The van der Waals surface area contributed by atoms with E-state index in [1.54, 1.807) is 12.1 Å². The third kappa shape index (κ3) is 2.81. The van der Waals surface area contributed by atoms with Crippen molar-refractivity contribution in [1.82, 2.24) is 10.3 Å². The molecule has 4 rings (SSSR count). The van der Waals surface area contributed by atoms with Crippen LogP contribution in [0.15, 0.2) is 30.5 Å². The molecule has 0 aliphatic carbocycles. The Hall–Kier alpha value is -2.05. The fourth-order valence-electron chi connectivity index (χ4n) is 4.66. The van der Waals surface area contributed by atoms with Crippen LogP contribution >= 0.6 is 11.6 Å². The molecule has 0 saturated carbocycles. The Bertz CT molecular complexity index is 959. The maximum Gasteiger partial charge on any atom is 0.239 e. The maximum atomic E-state index is 15.0. The molecular weight excluding hydrogens is 384 g/mol. The average Bonchev–Trinajstić information content (AvgIpc) is 3.09. The molecule has 2 aliphatic rings. The fraction of sp³-hybridized carbons (Fsp3) is 0.429. The molecule has 2 N–H and O–H groups in total. The first-order valence-electron chi connectivity index (χ1n) is 9.29. The first-order valence-corrected chi connectivity index (χ1v) is 9.67. The lowest BCUT2D eigenvalue weighted by molar-refractivity contribution is -0.122. The van der Waals surface area contributed by atoms with Gasteiger partial charge in [0.1, 0.15) is 17.0 Å². The van der Waals surface area contributed by atoms with Crippen molar-refractivity contribution in [3.63, 3.8) is 0 Å². The van der Waals surface area contributed by atoms with Gasteiger partial charge in [-0.05, 0) is 23.5 Å². The molecule has 148 valence electrons. The summed E-state index contributed by atoms with van der Waals surface area (Å²) < 4.78 is 28.7. The second kappa shape index (κ2) is 6.49. The first-order chi connectivity index (χ1) is 13.1. The third-order valence-electron chi connectivity index (χ3n) is 5.71. The molecule has 1 amide bonds. The second-order valence-electron chi connectivity index (χ2n) is 8.79. The van der Waals surface area contributed by atoms with Gasteiger partial charge in [-0.2, -0.15) is 0 Å². The number of rotatable bonds is 2. The summed E-state index contributed by atoms with van der Waals surface area (Å²) >= 11 is 6.03. The zero-order chi connectivity index (χ0) is 20.3. The van der Waals surface area contributed by atoms with Crippen LogP contribution in [-0.2, 0) is 10.2 Å². The number of nitrogens with zero attached hydrogens (tertiary/aromatic N) is 1. The van der Waals surface area contributed by atoms with Gasteiger partial charge in [0.25, 0.3) is 0 Å². The number of amides is 1. The summed E-state index contributed by atoms with van der Waals surface area (Å²) in [5.74, 6) is -1.86. The van der Waals surface area contributed by atoms with E-state index in [0.29, 0.717) is 29.9 Å². The molecule has 4 nitrogen and oxygen atoms in total. The molecule has 1 fully saturated rings. The summed E-state index contributed by atoms with van der Waals surface area (Å²) in [6, 6.07) is 5.81. The molecule has 0 bridgehead atoms. The lowest BCUT2D eigenvalue weighted by atomic mass is 9.65. The SMILES string of the molecule is CC(C)(C)CC1NCC(c2cccc(Cl)c2F)[C@]12C(=O)Nc1cc(F)cnc12. The molecule has 2 unspecified atom stereocenters. The molecule has 1 spiro atoms. The highest BCUT2D eigenvalue weighted by molar-refractivity contribution is 6.30. The summed E-state index contributed by atoms with van der Waals surface area (Å²) in [6.07, 6.45) is 1.77. The zero-order valence-electron chi connectivity index (χ0n) is 15.9. The Morgan fingerprint density at radius 3 is 2.79 bits per heavy atom. The minimum Gasteiger partial charge on any atom is -0.323 e. The molecule has 1 aromatic carbocycles. The van der Waals surface area contributed by atoms with Gasteiger partial charge in [-0.25, -0.2) is 8.78 Å². The Morgan fingerprint density at radius 2 is 2.07 bits per heavy atom. The van der Waals surface area contributed by atoms with Crippen molar-refractivity contribution >= 4 is 23.2 Å². The number of anilines is 1. The van der Waals surface area contributed by atoms with Gasteiger partial charge in [0.2, 0.25) is 5.91 Å². The number of carbonyl (C=O) groups excluding carboxylic acids is 1. The summed E-state index contributed by atoms with van der Waals surface area (Å²) in [7, 11) is 0. The van der Waals surface area contributed by atoms with Crippen LogP contribution in [-0.4, -0.2) is 23.5 Å². The van der Waals surface area contributed by atoms with E-state index in [-0.39, 0.29) is 22.4 Å². The lowest BCUT2D eigenvalue weighted by Gasteiger charge is -2.36. The zero-order valence-corrected chi connectivity index (χ0v) is 16.7. The molecule has 28 heavy (non-hydrogen) atoms. The monoisotopic (exact) mass is 405 g/mol. The number of pyridine rings is 1. The predicted molar refractivity (Wildman–Crippen MR) is 105 cm³/mol. The maximum absolute atomic E-state index is 15.0. The van der Waals surface area contributed by atoms with Gasteiger partial charge in [-0.1, -0.05) is 44.5 Å². The number of hydrogen-bond acceptors (Lipinski definition) is 3. The van der Waals surface area contributed by atoms with Gasteiger partial charge in [-0.15, -0.1) is 0 Å². The highest BCUT2D eigenvalue weighted by Crippen LogP contribution is 2.54. The van der Waals surface area contributed by atoms with E-state index in [2.05, 4.69) is 36.4 Å². The lowest BCUT2D eigenvalue weighted by Crippen LogP contribution is -2.50. The largest absolute Gasteiger partial charge is 0.323 e. The smallest absolute Gasteiger partial charge is 0.239 e. The normalized spacial score (nSPS) is 26.6. The van der Waals surface area contributed by atoms with Crippen molar-refractivity contribution in [3.05, 3.63) is 58.4 Å². The van der Waals surface area contributed by atoms with Gasteiger partial charge in [0.15, 0.2) is 0 Å². The van der Waals surface area contributed by atoms with Crippen molar-refractivity contribution in [2.24, 2.45) is 5.41 Å². The van der Waals surface area contributed by atoms with Gasteiger partial charge in [-0.3, -0.25) is 9.78 Å². The summed E-state index contributed by atoms with van der Waals surface area (Å²) in [5.41, 5.74) is -0.0507. The van der Waals surface area contributed by atoms with Crippen LogP contribution in [0.2, 0.25) is 5.02 Å². The van der Waals surface area contributed by atoms with Crippen LogP contribution in [0, 0.1) is 17.0 Å². The Balaban J connectivity index is 1.94. The van der Waals surface area contributed by atoms with Crippen LogP contribution in [0.3, 0.4) is 0 Å². The summed E-state index contributed by atoms with van der Waals surface area (Å²) in [5, 5.41) is 6.22. The van der Waals surface area contributed by atoms with Crippen LogP contribution < -0.4 is 10.6 Å². The highest BCUT2D eigenvalue weighted by Gasteiger charge is 2.62. The standard InChI is InChI=1S/C21H22ClF2N3O/c1-20(2,3)8-16-21(18-15(27-19(21)28)7-11(23)9-26-18)13(10-25-16)12-5-4-6-14(22)17(12)24/h4-7,9,13,16,25H,8,10H2,1-3H3,(H,27,28)/t13?,16?,21-/m0/s1. The minimum atomic E-state index is -1.14. The number of aromatic nitrogens is 1. The summed E-state index contributed by atoms with van der Waals surface area (Å²) in [4.78, 5) is 17.7. The van der Waals surface area contributed by atoms with E-state index in [1.807, 2.05) is 0 Å². The molecule has 1 aromatic heterocycles. The first kappa shape index (κ1) is 19.3. The Kier molecular flexibility index (Phi) is 4.47. The van der Waals surface area contributed by atoms with Gasteiger partial charge in [0.05, 0.1) is 22.6 Å². The summed E-state index contributed by atoms with van der Waals surface area (Å²) in [6.45, 7) is 6.65. The van der Waals surface area contributed by atoms with E-state index in [9.17, 15) is 13.6 Å². The van der Waals surface area contributed by atoms with Crippen LogP contribution in [0.4, 0.5) is 14.5 Å². The quantitative estimate of drug-likeness (QED) is 0.778. The van der Waals surface area contributed by atoms with E-state index >= 15 is 0 Å². The molecule has 2 aromatic rings. The Morgan fingerprint density at radius 1 is 1.32 bits per heavy atom. The number of carbonyl (C=O) groups is 1. The number of halogens is 3. The molecule has 2 aliphatic heterocycles. The number of benzene rings is 1. The van der Waals surface area contributed by atoms with E-state index in [4.69, 9.17) is 11.6 Å². The fourth-order valence-corrected chi connectivity index (χ4v) is 4.84.